The number of piperidine rings is 1. The smallest absolute Gasteiger partial charge is 0.299 e. The predicted molar refractivity (Wildman–Crippen MR) is 89.6 cm³/mol. The van der Waals surface area contributed by atoms with Crippen molar-refractivity contribution in [2.24, 2.45) is 17.6 Å². The van der Waals surface area contributed by atoms with E-state index in [1.165, 1.54) is 4.57 Å². The van der Waals surface area contributed by atoms with Crippen molar-refractivity contribution in [2.45, 2.75) is 26.7 Å². The topological polar surface area (TPSA) is 70.7 Å². The third-order valence-corrected chi connectivity index (χ3v) is 4.51. The molecule has 0 atom stereocenters. The predicted octanol–water partition coefficient (Wildman–Crippen LogP) is 1.85. The molecule has 0 saturated carbocycles. The van der Waals surface area contributed by atoms with Gasteiger partial charge in [0.05, 0.1) is 5.52 Å². The fourth-order valence-electron chi connectivity index (χ4n) is 3.33. The molecule has 0 spiro atoms. The van der Waals surface area contributed by atoms with Crippen molar-refractivity contribution < 1.29 is 5.21 Å². The summed E-state index contributed by atoms with van der Waals surface area (Å²) in [7, 11) is 1.67. The minimum absolute atomic E-state index is 0.179. The quantitative estimate of drug-likeness (QED) is 0.644. The number of hydrogen-bond acceptors (Lipinski definition) is 5. The van der Waals surface area contributed by atoms with E-state index in [-0.39, 0.29) is 10.9 Å². The standard InChI is InChI=1S/C17H22N4O2/c1-17(2)9-6-10-21(11-17)15-12-7-4-5-8-13(12)20(3)16(22)14(18-15)19-23/h4-5,7-8,23H,6,9-11H2,1-3H3/b19-14+. The Hall–Kier alpha value is -2.37. The van der Waals surface area contributed by atoms with Crippen LogP contribution >= 0.6 is 0 Å². The van der Waals surface area contributed by atoms with Crippen molar-refractivity contribution in [3.05, 3.63) is 40.1 Å². The fraction of sp³-hybridized carbons (Fsp3) is 0.471. The first-order valence-corrected chi connectivity index (χ1v) is 7.86. The van der Waals surface area contributed by atoms with Crippen molar-refractivity contribution in [1.82, 2.24) is 9.55 Å². The van der Waals surface area contributed by atoms with Crippen LogP contribution in [0.15, 0.2) is 34.2 Å². The average Bonchev–Trinajstić information content (AvgIpc) is 2.63. The number of hydrogen-bond donors (Lipinski definition) is 1. The number of anilines is 1. The number of benzene rings is 1. The molecule has 1 aromatic carbocycles. The van der Waals surface area contributed by atoms with Gasteiger partial charge in [0.25, 0.3) is 11.0 Å². The van der Waals surface area contributed by atoms with E-state index in [0.717, 1.165) is 36.8 Å². The van der Waals surface area contributed by atoms with Gasteiger partial charge in [-0.25, -0.2) is 4.98 Å². The third kappa shape index (κ3) is 2.81. The molecule has 2 aromatic rings. The van der Waals surface area contributed by atoms with Crippen LogP contribution in [0.25, 0.3) is 10.9 Å². The van der Waals surface area contributed by atoms with Gasteiger partial charge in [-0.2, -0.15) is 0 Å². The highest BCUT2D eigenvalue weighted by atomic mass is 16.4. The van der Waals surface area contributed by atoms with E-state index in [4.69, 9.17) is 0 Å². The minimum Gasteiger partial charge on any atom is -0.409 e. The summed E-state index contributed by atoms with van der Waals surface area (Å²) in [6.45, 7) is 6.21. The number of rotatable bonds is 1. The maximum Gasteiger partial charge on any atom is 0.299 e. The molecule has 0 aliphatic carbocycles. The Bertz CT molecular complexity index is 870. The van der Waals surface area contributed by atoms with Crippen LogP contribution in [0.1, 0.15) is 26.7 Å². The monoisotopic (exact) mass is 314 g/mol. The van der Waals surface area contributed by atoms with Gasteiger partial charge in [0.15, 0.2) is 0 Å². The number of aromatic nitrogens is 2. The fourth-order valence-corrected chi connectivity index (χ4v) is 3.33. The molecule has 1 aromatic heterocycles. The van der Waals surface area contributed by atoms with Crippen molar-refractivity contribution in [1.29, 1.82) is 0 Å². The minimum atomic E-state index is -0.411. The van der Waals surface area contributed by atoms with E-state index >= 15 is 0 Å². The Morgan fingerprint density at radius 3 is 2.74 bits per heavy atom. The molecular weight excluding hydrogens is 292 g/mol. The van der Waals surface area contributed by atoms with Gasteiger partial charge in [0, 0.05) is 25.5 Å². The van der Waals surface area contributed by atoms with Gasteiger partial charge < -0.3 is 14.7 Å². The molecule has 1 fully saturated rings. The molecular formula is C17H22N4O2. The van der Waals surface area contributed by atoms with Crippen LogP contribution in [-0.2, 0) is 7.05 Å². The SMILES string of the molecule is Cn1c(=O)/c(=N\O)nc(N2CCCC(C)(C)C2)c2ccccc21. The zero-order valence-electron chi connectivity index (χ0n) is 13.8. The van der Waals surface area contributed by atoms with E-state index in [0.29, 0.717) is 5.82 Å². The number of fused-ring (bicyclic) bond motifs is 1. The number of para-hydroxylation sites is 1. The molecule has 0 amide bonds. The summed E-state index contributed by atoms with van der Waals surface area (Å²) in [5.41, 5.74) is 0.376. The lowest BCUT2D eigenvalue weighted by Crippen LogP contribution is -2.41. The summed E-state index contributed by atoms with van der Waals surface area (Å²) in [5.74, 6) is 0.707. The summed E-state index contributed by atoms with van der Waals surface area (Å²) in [4.78, 5) is 19.0. The molecule has 1 saturated heterocycles. The second-order valence-electron chi connectivity index (χ2n) is 6.93. The van der Waals surface area contributed by atoms with E-state index in [2.05, 4.69) is 28.9 Å². The first kappa shape index (κ1) is 15.5. The van der Waals surface area contributed by atoms with Crippen LogP contribution in [-0.4, -0.2) is 27.8 Å². The van der Waals surface area contributed by atoms with E-state index < -0.39 is 5.56 Å². The maximum atomic E-state index is 12.4. The van der Waals surface area contributed by atoms with Gasteiger partial charge in [0.1, 0.15) is 5.82 Å². The Balaban J connectivity index is 2.35. The second kappa shape index (κ2) is 5.68. The summed E-state index contributed by atoms with van der Waals surface area (Å²) < 4.78 is 1.48. The number of nitrogens with zero attached hydrogens (tertiary/aromatic N) is 4. The zero-order chi connectivity index (χ0) is 16.6. The maximum absolute atomic E-state index is 12.4. The van der Waals surface area contributed by atoms with E-state index in [9.17, 15) is 10.0 Å². The van der Waals surface area contributed by atoms with Crippen LogP contribution in [0.5, 0.6) is 0 Å². The van der Waals surface area contributed by atoms with Crippen molar-refractivity contribution >= 4 is 16.7 Å². The molecule has 0 radical (unpaired) electrons. The van der Waals surface area contributed by atoms with Crippen LogP contribution in [0.4, 0.5) is 5.82 Å². The summed E-state index contributed by atoms with van der Waals surface area (Å²) >= 11 is 0. The number of aryl methyl sites for hydroxylation is 1. The highest BCUT2D eigenvalue weighted by molar-refractivity contribution is 5.89. The third-order valence-electron chi connectivity index (χ3n) is 4.51. The normalized spacial score (nSPS) is 18.4. The summed E-state index contributed by atoms with van der Waals surface area (Å²) in [6.07, 6.45) is 2.24. The Morgan fingerprint density at radius 2 is 2.04 bits per heavy atom. The molecule has 1 aliphatic rings. The van der Waals surface area contributed by atoms with Crippen LogP contribution < -0.4 is 15.9 Å². The highest BCUT2D eigenvalue weighted by Crippen LogP contribution is 2.32. The van der Waals surface area contributed by atoms with Gasteiger partial charge in [-0.3, -0.25) is 4.79 Å². The summed E-state index contributed by atoms with van der Waals surface area (Å²) in [5, 5.41) is 13.2. The molecule has 1 N–H and O–H groups in total. The van der Waals surface area contributed by atoms with Gasteiger partial charge in [-0.1, -0.05) is 31.1 Å². The van der Waals surface area contributed by atoms with E-state index in [1.807, 2.05) is 24.3 Å². The van der Waals surface area contributed by atoms with Crippen molar-refractivity contribution in [3.8, 4) is 0 Å². The summed E-state index contributed by atoms with van der Waals surface area (Å²) in [6, 6.07) is 7.67. The first-order valence-electron chi connectivity index (χ1n) is 7.86. The highest BCUT2D eigenvalue weighted by Gasteiger charge is 2.28. The molecule has 6 heteroatoms. The van der Waals surface area contributed by atoms with Crippen molar-refractivity contribution in [2.75, 3.05) is 18.0 Å². The molecule has 0 unspecified atom stereocenters. The molecule has 3 rings (SSSR count). The Labute approximate surface area is 134 Å². The largest absolute Gasteiger partial charge is 0.409 e. The van der Waals surface area contributed by atoms with Gasteiger partial charge in [-0.05, 0) is 30.4 Å². The zero-order valence-corrected chi connectivity index (χ0v) is 13.8. The van der Waals surface area contributed by atoms with Gasteiger partial charge in [0.2, 0.25) is 0 Å². The molecule has 1 aliphatic heterocycles. The van der Waals surface area contributed by atoms with Crippen molar-refractivity contribution in [3.63, 3.8) is 0 Å². The second-order valence-corrected chi connectivity index (χ2v) is 6.93. The van der Waals surface area contributed by atoms with Crippen LogP contribution in [0.2, 0.25) is 0 Å². The molecule has 6 nitrogen and oxygen atoms in total. The first-order chi connectivity index (χ1) is 10.9. The Kier molecular flexibility index (Phi) is 3.83. The van der Waals surface area contributed by atoms with E-state index in [1.54, 1.807) is 7.05 Å². The molecule has 2 heterocycles. The lowest BCUT2D eigenvalue weighted by molar-refractivity contribution is 0.290. The molecule has 23 heavy (non-hydrogen) atoms. The average molecular weight is 314 g/mol. The van der Waals surface area contributed by atoms with Gasteiger partial charge >= 0.3 is 0 Å². The molecule has 0 bridgehead atoms. The van der Waals surface area contributed by atoms with Crippen LogP contribution in [0.3, 0.4) is 0 Å². The lowest BCUT2D eigenvalue weighted by atomic mass is 9.84. The van der Waals surface area contributed by atoms with Gasteiger partial charge in [-0.15, -0.1) is 0 Å². The lowest BCUT2D eigenvalue weighted by Gasteiger charge is -2.38. The Morgan fingerprint density at radius 1 is 1.30 bits per heavy atom. The molecule has 122 valence electrons. The van der Waals surface area contributed by atoms with Crippen LogP contribution in [0, 0.1) is 5.41 Å².